The lowest BCUT2D eigenvalue weighted by Gasteiger charge is -2.18. The Hall–Kier alpha value is -1.59. The molecule has 0 bridgehead atoms. The molecule has 380 valence electrons. The zero-order valence-electron chi connectivity index (χ0n) is 43.6. The van der Waals surface area contributed by atoms with Crippen molar-refractivity contribution < 1.29 is 28.6 Å². The monoisotopic (exact) mass is 905 g/mol. The van der Waals surface area contributed by atoms with Crippen molar-refractivity contribution in [2.45, 2.75) is 341 Å². The van der Waals surface area contributed by atoms with E-state index in [4.69, 9.17) is 14.2 Å². The molecule has 0 spiro atoms. The molecule has 0 radical (unpaired) electrons. The van der Waals surface area contributed by atoms with Gasteiger partial charge in [-0.15, -0.1) is 0 Å². The lowest BCUT2D eigenvalue weighted by atomic mass is 10.0. The van der Waals surface area contributed by atoms with Gasteiger partial charge in [-0.25, -0.2) is 0 Å². The summed E-state index contributed by atoms with van der Waals surface area (Å²) >= 11 is 0. The van der Waals surface area contributed by atoms with Crippen molar-refractivity contribution in [1.82, 2.24) is 0 Å². The number of unbranched alkanes of at least 4 members (excludes halogenated alkanes) is 43. The SMILES string of the molecule is CCCCCCCCCCCCCCCCCCCCCCCCCCC(=O)OCC(COC(=O)CCCCCCCC)OC(=O)CCCCCCCCCCCCCCCCCC. The van der Waals surface area contributed by atoms with Crippen LogP contribution in [0.5, 0.6) is 0 Å². The van der Waals surface area contributed by atoms with Gasteiger partial charge in [-0.2, -0.15) is 0 Å². The Kier molecular flexibility index (Phi) is 52.7. The fraction of sp³-hybridized carbons (Fsp3) is 0.948. The molecule has 64 heavy (non-hydrogen) atoms. The summed E-state index contributed by atoms with van der Waals surface area (Å²) in [7, 11) is 0. The van der Waals surface area contributed by atoms with E-state index in [9.17, 15) is 14.4 Å². The highest BCUT2D eigenvalue weighted by atomic mass is 16.6. The van der Waals surface area contributed by atoms with Crippen molar-refractivity contribution in [3.05, 3.63) is 0 Å². The van der Waals surface area contributed by atoms with Crippen molar-refractivity contribution in [3.8, 4) is 0 Å². The van der Waals surface area contributed by atoms with Gasteiger partial charge in [0.1, 0.15) is 13.2 Å². The zero-order valence-corrected chi connectivity index (χ0v) is 43.6. The molecule has 0 N–H and O–H groups in total. The van der Waals surface area contributed by atoms with Crippen LogP contribution in [0.25, 0.3) is 0 Å². The Balaban J connectivity index is 4.03. The van der Waals surface area contributed by atoms with Crippen molar-refractivity contribution in [1.29, 1.82) is 0 Å². The fourth-order valence-corrected chi connectivity index (χ4v) is 8.98. The second-order valence-electron chi connectivity index (χ2n) is 19.9. The van der Waals surface area contributed by atoms with Crippen LogP contribution in [0, 0.1) is 0 Å². The van der Waals surface area contributed by atoms with Gasteiger partial charge >= 0.3 is 17.9 Å². The summed E-state index contributed by atoms with van der Waals surface area (Å²) in [4.78, 5) is 37.8. The maximum atomic E-state index is 12.8. The molecule has 1 unspecified atom stereocenters. The van der Waals surface area contributed by atoms with E-state index < -0.39 is 6.10 Å². The van der Waals surface area contributed by atoms with Crippen molar-refractivity contribution in [2.24, 2.45) is 0 Å². The molecule has 0 heterocycles. The van der Waals surface area contributed by atoms with E-state index in [1.165, 1.54) is 238 Å². The molecule has 0 saturated heterocycles. The van der Waals surface area contributed by atoms with Gasteiger partial charge in [-0.1, -0.05) is 297 Å². The van der Waals surface area contributed by atoms with Gasteiger partial charge in [0.25, 0.3) is 0 Å². The van der Waals surface area contributed by atoms with Crippen molar-refractivity contribution in [2.75, 3.05) is 13.2 Å². The van der Waals surface area contributed by atoms with Gasteiger partial charge in [0, 0.05) is 19.3 Å². The summed E-state index contributed by atoms with van der Waals surface area (Å²) in [6.45, 7) is 6.64. The van der Waals surface area contributed by atoms with E-state index in [2.05, 4.69) is 20.8 Å². The highest BCUT2D eigenvalue weighted by molar-refractivity contribution is 5.71. The first-order valence-corrected chi connectivity index (χ1v) is 29.0. The number of carbonyl (C=O) groups excluding carboxylic acids is 3. The number of esters is 3. The normalized spacial score (nSPS) is 11.9. The molecule has 0 aliphatic heterocycles. The lowest BCUT2D eigenvalue weighted by Crippen LogP contribution is -2.30. The summed E-state index contributed by atoms with van der Waals surface area (Å²) < 4.78 is 16.8. The molecule has 6 heteroatoms. The maximum absolute atomic E-state index is 12.8. The molecule has 0 aromatic carbocycles. The Morgan fingerprint density at radius 1 is 0.250 bits per heavy atom. The minimum absolute atomic E-state index is 0.0623. The maximum Gasteiger partial charge on any atom is 0.306 e. The molecule has 6 nitrogen and oxygen atoms in total. The van der Waals surface area contributed by atoms with E-state index in [-0.39, 0.29) is 31.1 Å². The van der Waals surface area contributed by atoms with Gasteiger partial charge in [0.2, 0.25) is 0 Å². The van der Waals surface area contributed by atoms with Crippen LogP contribution in [0.3, 0.4) is 0 Å². The highest BCUT2D eigenvalue weighted by Gasteiger charge is 2.19. The number of hydrogen-bond donors (Lipinski definition) is 0. The molecule has 1 atom stereocenters. The van der Waals surface area contributed by atoms with E-state index >= 15 is 0 Å². The first-order valence-electron chi connectivity index (χ1n) is 29.0. The Labute approximate surface area is 399 Å². The summed E-state index contributed by atoms with van der Waals surface area (Å²) in [5.74, 6) is -0.847. The zero-order chi connectivity index (χ0) is 46.5. The number of rotatable bonds is 54. The third kappa shape index (κ3) is 51.4. The van der Waals surface area contributed by atoms with Crippen LogP contribution in [0.4, 0.5) is 0 Å². The average Bonchev–Trinajstić information content (AvgIpc) is 3.29. The smallest absolute Gasteiger partial charge is 0.306 e. The van der Waals surface area contributed by atoms with Gasteiger partial charge in [-0.05, 0) is 19.3 Å². The van der Waals surface area contributed by atoms with E-state index in [0.717, 1.165) is 57.8 Å². The molecular formula is C58H112O6. The minimum atomic E-state index is -0.759. The van der Waals surface area contributed by atoms with Gasteiger partial charge in [0.15, 0.2) is 6.10 Å². The predicted molar refractivity (Wildman–Crippen MR) is 275 cm³/mol. The molecule has 0 aromatic rings. The van der Waals surface area contributed by atoms with Crippen LogP contribution in [0.1, 0.15) is 335 Å². The molecule has 0 aliphatic carbocycles. The fourth-order valence-electron chi connectivity index (χ4n) is 8.98. The summed E-state index contributed by atoms with van der Waals surface area (Å²) in [5, 5.41) is 0. The predicted octanol–water partition coefficient (Wildman–Crippen LogP) is 19.2. The molecule has 0 aromatic heterocycles. The molecule has 0 amide bonds. The topological polar surface area (TPSA) is 78.9 Å². The Bertz CT molecular complexity index is 951. The van der Waals surface area contributed by atoms with Crippen LogP contribution in [0.15, 0.2) is 0 Å². The van der Waals surface area contributed by atoms with E-state index in [1.807, 2.05) is 0 Å². The molecule has 0 fully saturated rings. The second kappa shape index (κ2) is 54.0. The first-order chi connectivity index (χ1) is 31.5. The van der Waals surface area contributed by atoms with E-state index in [0.29, 0.717) is 19.3 Å². The first kappa shape index (κ1) is 62.4. The number of ether oxygens (including phenoxy) is 3. The quantitative estimate of drug-likeness (QED) is 0.0344. The van der Waals surface area contributed by atoms with Crippen molar-refractivity contribution >= 4 is 17.9 Å². The van der Waals surface area contributed by atoms with Crippen LogP contribution in [-0.2, 0) is 28.6 Å². The van der Waals surface area contributed by atoms with E-state index in [1.54, 1.807) is 0 Å². The molecule has 0 saturated carbocycles. The summed E-state index contributed by atoms with van der Waals surface area (Å²) in [5.41, 5.74) is 0. The van der Waals surface area contributed by atoms with Crippen molar-refractivity contribution in [3.63, 3.8) is 0 Å². The molecule has 0 rings (SSSR count). The number of hydrogen-bond acceptors (Lipinski definition) is 6. The third-order valence-corrected chi connectivity index (χ3v) is 13.4. The summed E-state index contributed by atoms with van der Waals surface area (Å²) in [6.07, 6.45) is 59.9. The van der Waals surface area contributed by atoms with Gasteiger partial charge in [0.05, 0.1) is 0 Å². The van der Waals surface area contributed by atoms with Crippen LogP contribution in [-0.4, -0.2) is 37.2 Å². The van der Waals surface area contributed by atoms with Crippen LogP contribution in [0.2, 0.25) is 0 Å². The largest absolute Gasteiger partial charge is 0.462 e. The van der Waals surface area contributed by atoms with Gasteiger partial charge in [-0.3, -0.25) is 14.4 Å². The Morgan fingerprint density at radius 3 is 0.625 bits per heavy atom. The standard InChI is InChI=1S/C58H112O6/c1-4-7-10-13-16-18-20-22-24-26-27-28-29-30-31-32-33-35-36-38-40-42-45-48-51-57(60)63-54-55(53-62-56(59)50-47-44-15-12-9-6-3)64-58(61)52-49-46-43-41-39-37-34-25-23-21-19-17-14-11-8-5-2/h55H,4-54H2,1-3H3. The van der Waals surface area contributed by atoms with Crippen LogP contribution >= 0.6 is 0 Å². The number of carbonyl (C=O) groups is 3. The summed E-state index contributed by atoms with van der Waals surface area (Å²) in [6, 6.07) is 0. The second-order valence-corrected chi connectivity index (χ2v) is 19.9. The molecular weight excluding hydrogens is 793 g/mol. The highest BCUT2D eigenvalue weighted by Crippen LogP contribution is 2.18. The lowest BCUT2D eigenvalue weighted by molar-refractivity contribution is -0.167. The molecule has 0 aliphatic rings. The average molecular weight is 906 g/mol. The third-order valence-electron chi connectivity index (χ3n) is 13.4. The van der Waals surface area contributed by atoms with Crippen LogP contribution < -0.4 is 0 Å². The Morgan fingerprint density at radius 2 is 0.422 bits per heavy atom. The van der Waals surface area contributed by atoms with Gasteiger partial charge < -0.3 is 14.2 Å². The minimum Gasteiger partial charge on any atom is -0.462 e.